The number of hydrogen-bond acceptors (Lipinski definition) is 4. The summed E-state index contributed by atoms with van der Waals surface area (Å²) in [5, 5.41) is 9.92. The lowest BCUT2D eigenvalue weighted by atomic mass is 10.2. The van der Waals surface area contributed by atoms with Gasteiger partial charge in [0.25, 0.3) is 0 Å². The molecular weight excluding hydrogens is 274 g/mol. The number of thiophene rings is 1. The van der Waals surface area contributed by atoms with E-state index < -0.39 is 5.97 Å². The molecule has 0 spiro atoms. The van der Waals surface area contributed by atoms with Gasteiger partial charge in [-0.2, -0.15) is 0 Å². The largest absolute Gasteiger partial charge is 0.488 e. The monoisotopic (exact) mass is 285 g/mol. The summed E-state index contributed by atoms with van der Waals surface area (Å²) in [5.74, 6) is -0.183. The van der Waals surface area contributed by atoms with Crippen molar-refractivity contribution in [1.29, 1.82) is 0 Å². The van der Waals surface area contributed by atoms with Crippen molar-refractivity contribution in [3.8, 4) is 5.75 Å². The molecule has 0 atom stereocenters. The van der Waals surface area contributed by atoms with Gasteiger partial charge in [0.2, 0.25) is 0 Å². The minimum Gasteiger partial charge on any atom is -0.488 e. The SMILES string of the molecule is O=C(O)c1ccc(COc2ccc3cccnc3c2)s1. The first-order valence-electron chi connectivity index (χ1n) is 6.02. The number of carboxylic acid groups (broad SMARTS) is 1. The molecule has 3 aromatic rings. The molecule has 4 nitrogen and oxygen atoms in total. The van der Waals surface area contributed by atoms with Crippen LogP contribution in [0.2, 0.25) is 0 Å². The number of pyridine rings is 1. The highest BCUT2D eigenvalue weighted by Gasteiger charge is 2.07. The van der Waals surface area contributed by atoms with Gasteiger partial charge in [-0.3, -0.25) is 4.98 Å². The summed E-state index contributed by atoms with van der Waals surface area (Å²) in [6.45, 7) is 0.357. The van der Waals surface area contributed by atoms with Crippen molar-refractivity contribution in [2.24, 2.45) is 0 Å². The van der Waals surface area contributed by atoms with Gasteiger partial charge in [-0.1, -0.05) is 6.07 Å². The van der Waals surface area contributed by atoms with E-state index in [0.29, 0.717) is 11.5 Å². The van der Waals surface area contributed by atoms with Crippen LogP contribution < -0.4 is 4.74 Å². The molecule has 0 fully saturated rings. The van der Waals surface area contributed by atoms with Gasteiger partial charge in [0, 0.05) is 22.5 Å². The van der Waals surface area contributed by atoms with Crippen LogP contribution in [0.5, 0.6) is 5.75 Å². The van der Waals surface area contributed by atoms with Gasteiger partial charge in [-0.25, -0.2) is 4.79 Å². The molecule has 3 rings (SSSR count). The van der Waals surface area contributed by atoms with Crippen LogP contribution in [0.1, 0.15) is 14.5 Å². The number of ether oxygens (including phenoxy) is 1. The number of hydrogen-bond donors (Lipinski definition) is 1. The van der Waals surface area contributed by atoms with Crippen molar-refractivity contribution in [3.63, 3.8) is 0 Å². The quantitative estimate of drug-likeness (QED) is 0.796. The molecule has 0 unspecified atom stereocenters. The molecule has 0 aliphatic rings. The summed E-state index contributed by atoms with van der Waals surface area (Å²) < 4.78 is 5.67. The Morgan fingerprint density at radius 1 is 1.25 bits per heavy atom. The number of carboxylic acids is 1. The molecule has 0 bridgehead atoms. The highest BCUT2D eigenvalue weighted by Crippen LogP contribution is 2.22. The van der Waals surface area contributed by atoms with E-state index in [1.54, 1.807) is 18.3 Å². The molecule has 5 heteroatoms. The van der Waals surface area contributed by atoms with Crippen molar-refractivity contribution in [2.75, 3.05) is 0 Å². The Morgan fingerprint density at radius 3 is 2.95 bits per heavy atom. The van der Waals surface area contributed by atoms with Crippen molar-refractivity contribution in [2.45, 2.75) is 6.61 Å². The number of fused-ring (bicyclic) bond motifs is 1. The number of carbonyl (C=O) groups is 1. The second-order valence-electron chi connectivity index (χ2n) is 4.22. The molecule has 2 aromatic heterocycles. The zero-order chi connectivity index (χ0) is 13.9. The van der Waals surface area contributed by atoms with Crippen molar-refractivity contribution >= 4 is 28.2 Å². The van der Waals surface area contributed by atoms with E-state index in [-0.39, 0.29) is 0 Å². The fourth-order valence-corrected chi connectivity index (χ4v) is 2.62. The van der Waals surface area contributed by atoms with Gasteiger partial charge in [0.15, 0.2) is 0 Å². The Kier molecular flexibility index (Phi) is 3.35. The smallest absolute Gasteiger partial charge is 0.345 e. The Hall–Kier alpha value is -2.40. The predicted molar refractivity (Wildman–Crippen MR) is 77.4 cm³/mol. The van der Waals surface area contributed by atoms with Crippen molar-refractivity contribution < 1.29 is 14.6 Å². The highest BCUT2D eigenvalue weighted by atomic mass is 32.1. The van der Waals surface area contributed by atoms with Crippen LogP contribution in [-0.4, -0.2) is 16.1 Å². The average molecular weight is 285 g/mol. The van der Waals surface area contributed by atoms with Gasteiger partial charge in [-0.05, 0) is 30.3 Å². The van der Waals surface area contributed by atoms with Crippen LogP contribution in [0.15, 0.2) is 48.7 Å². The molecule has 100 valence electrons. The second-order valence-corrected chi connectivity index (χ2v) is 5.39. The molecule has 20 heavy (non-hydrogen) atoms. The molecule has 0 saturated carbocycles. The topological polar surface area (TPSA) is 59.4 Å². The summed E-state index contributed by atoms with van der Waals surface area (Å²) in [5.41, 5.74) is 0.877. The first-order chi connectivity index (χ1) is 9.72. The molecule has 2 heterocycles. The van der Waals surface area contributed by atoms with Gasteiger partial charge >= 0.3 is 5.97 Å². The zero-order valence-corrected chi connectivity index (χ0v) is 11.3. The van der Waals surface area contributed by atoms with E-state index in [2.05, 4.69) is 4.98 Å². The maximum atomic E-state index is 10.8. The maximum Gasteiger partial charge on any atom is 0.345 e. The van der Waals surface area contributed by atoms with Gasteiger partial charge in [0.05, 0.1) is 5.52 Å². The third kappa shape index (κ3) is 2.62. The Morgan fingerprint density at radius 2 is 2.15 bits per heavy atom. The third-order valence-corrected chi connectivity index (χ3v) is 3.88. The minimum absolute atomic E-state index is 0.323. The molecule has 0 amide bonds. The van der Waals surface area contributed by atoms with Crippen molar-refractivity contribution in [1.82, 2.24) is 4.98 Å². The van der Waals surface area contributed by atoms with Crippen LogP contribution in [0.3, 0.4) is 0 Å². The third-order valence-electron chi connectivity index (χ3n) is 2.83. The highest BCUT2D eigenvalue weighted by molar-refractivity contribution is 7.13. The summed E-state index contributed by atoms with van der Waals surface area (Å²) in [6.07, 6.45) is 1.74. The summed E-state index contributed by atoms with van der Waals surface area (Å²) in [7, 11) is 0. The fourth-order valence-electron chi connectivity index (χ4n) is 1.86. The molecule has 0 aliphatic carbocycles. The average Bonchev–Trinajstić information content (AvgIpc) is 2.94. The zero-order valence-electron chi connectivity index (χ0n) is 10.4. The molecule has 0 radical (unpaired) electrons. The first kappa shape index (κ1) is 12.6. The van der Waals surface area contributed by atoms with Gasteiger partial charge in [-0.15, -0.1) is 11.3 Å². The van der Waals surface area contributed by atoms with E-state index >= 15 is 0 Å². The number of benzene rings is 1. The van der Waals surface area contributed by atoms with E-state index in [4.69, 9.17) is 9.84 Å². The predicted octanol–water partition coefficient (Wildman–Crippen LogP) is 3.57. The number of nitrogens with zero attached hydrogens (tertiary/aromatic N) is 1. The minimum atomic E-state index is -0.906. The van der Waals surface area contributed by atoms with Gasteiger partial charge in [0.1, 0.15) is 17.2 Å². The number of aromatic nitrogens is 1. The summed E-state index contributed by atoms with van der Waals surface area (Å²) >= 11 is 1.22. The van der Waals surface area contributed by atoms with Crippen LogP contribution in [-0.2, 0) is 6.61 Å². The van der Waals surface area contributed by atoms with Crippen LogP contribution in [0, 0.1) is 0 Å². The molecule has 1 N–H and O–H groups in total. The van der Waals surface area contributed by atoms with Crippen molar-refractivity contribution in [3.05, 3.63) is 58.4 Å². The summed E-state index contributed by atoms with van der Waals surface area (Å²) in [4.78, 5) is 16.3. The Bertz CT molecular complexity index is 766. The van der Waals surface area contributed by atoms with Crippen LogP contribution in [0.25, 0.3) is 10.9 Å². The van der Waals surface area contributed by atoms with Gasteiger partial charge < -0.3 is 9.84 Å². The normalized spacial score (nSPS) is 10.6. The molecule has 0 saturated heterocycles. The standard InChI is InChI=1S/C15H11NO3S/c17-15(18)14-6-5-12(20-14)9-19-11-4-3-10-2-1-7-16-13(10)8-11/h1-8H,9H2,(H,17,18). The maximum absolute atomic E-state index is 10.8. The van der Waals surface area contributed by atoms with E-state index in [1.165, 1.54) is 11.3 Å². The first-order valence-corrected chi connectivity index (χ1v) is 6.83. The lowest BCUT2D eigenvalue weighted by Gasteiger charge is -2.05. The number of aromatic carboxylic acids is 1. The lowest BCUT2D eigenvalue weighted by Crippen LogP contribution is -1.93. The lowest BCUT2D eigenvalue weighted by molar-refractivity contribution is 0.0702. The van der Waals surface area contributed by atoms with E-state index in [9.17, 15) is 4.79 Å². The van der Waals surface area contributed by atoms with E-state index in [0.717, 1.165) is 21.5 Å². The molecular formula is C15H11NO3S. The van der Waals surface area contributed by atoms with E-state index in [1.807, 2.05) is 30.3 Å². The number of rotatable bonds is 4. The fraction of sp³-hybridized carbons (Fsp3) is 0.0667. The molecule has 0 aliphatic heterocycles. The molecule has 1 aromatic carbocycles. The van der Waals surface area contributed by atoms with Crippen LogP contribution in [0.4, 0.5) is 0 Å². The summed E-state index contributed by atoms with van der Waals surface area (Å²) in [6, 6.07) is 13.0. The second kappa shape index (κ2) is 5.30. The Balaban J connectivity index is 1.74. The Labute approximate surface area is 119 Å². The van der Waals surface area contributed by atoms with Crippen LogP contribution >= 0.6 is 11.3 Å².